The zero-order valence-electron chi connectivity index (χ0n) is 17.1. The average Bonchev–Trinajstić information content (AvgIpc) is 3.21. The summed E-state index contributed by atoms with van der Waals surface area (Å²) >= 11 is 1.29. The second-order valence-corrected chi connectivity index (χ2v) is 7.61. The predicted octanol–water partition coefficient (Wildman–Crippen LogP) is 2.94. The molecule has 1 amide bonds. The summed E-state index contributed by atoms with van der Waals surface area (Å²) in [6.45, 7) is 6.91. The molecule has 3 heterocycles. The Balaban J connectivity index is 1.73. The smallest absolute Gasteiger partial charge is 0.344 e. The molecular weight excluding hydrogens is 408 g/mol. The Morgan fingerprint density at radius 3 is 2.57 bits per heavy atom. The summed E-state index contributed by atoms with van der Waals surface area (Å²) in [5, 5.41) is 7.25. The monoisotopic (exact) mass is 430 g/mol. The number of hydrogen-bond donors (Lipinski definition) is 1. The summed E-state index contributed by atoms with van der Waals surface area (Å²) in [4.78, 5) is 42.3. The van der Waals surface area contributed by atoms with Crippen molar-refractivity contribution in [2.75, 3.05) is 18.5 Å². The molecule has 0 spiro atoms. The molecule has 0 aromatic carbocycles. The number of anilines is 1. The van der Waals surface area contributed by atoms with E-state index in [1.807, 2.05) is 13.8 Å². The van der Waals surface area contributed by atoms with Gasteiger partial charge >= 0.3 is 11.9 Å². The van der Waals surface area contributed by atoms with Gasteiger partial charge in [0.05, 0.1) is 17.9 Å². The highest BCUT2D eigenvalue weighted by atomic mass is 32.1. The van der Waals surface area contributed by atoms with Gasteiger partial charge in [0.2, 0.25) is 0 Å². The van der Waals surface area contributed by atoms with Gasteiger partial charge in [-0.15, -0.1) is 11.3 Å². The number of nitrogens with zero attached hydrogens (tertiary/aromatic N) is 3. The first kappa shape index (κ1) is 21.4. The number of fused-ring (bicyclic) bond motifs is 1. The lowest BCUT2D eigenvalue weighted by molar-refractivity contribution is -0.119. The van der Waals surface area contributed by atoms with Gasteiger partial charge in [0.15, 0.2) is 12.3 Å². The molecule has 0 fully saturated rings. The molecule has 0 atom stereocenters. The minimum atomic E-state index is -0.696. The van der Waals surface area contributed by atoms with Crippen LogP contribution in [0.15, 0.2) is 18.5 Å². The fourth-order valence-corrected chi connectivity index (χ4v) is 4.26. The number of rotatable bonds is 7. The molecule has 0 radical (unpaired) electrons. The van der Waals surface area contributed by atoms with E-state index in [9.17, 15) is 14.4 Å². The largest absolute Gasteiger partial charge is 0.462 e. The third-order valence-corrected chi connectivity index (χ3v) is 5.47. The number of aryl methyl sites for hydroxylation is 2. The minimum absolute atomic E-state index is 0.204. The number of nitrogens with one attached hydrogen (secondary N) is 1. The predicted molar refractivity (Wildman–Crippen MR) is 111 cm³/mol. The molecule has 3 aromatic rings. The van der Waals surface area contributed by atoms with Gasteiger partial charge in [0.25, 0.3) is 5.91 Å². The highest BCUT2D eigenvalue weighted by Gasteiger charge is 2.25. The van der Waals surface area contributed by atoms with Crippen LogP contribution in [-0.2, 0) is 20.7 Å². The third kappa shape index (κ3) is 4.18. The van der Waals surface area contributed by atoms with Crippen LogP contribution in [0, 0.1) is 13.8 Å². The SMILES string of the molecule is CCOC(=O)c1c(NC(=O)COC(=O)c2c(C)nn3cccnc23)sc(C)c1CC. The van der Waals surface area contributed by atoms with Crippen LogP contribution in [0.5, 0.6) is 0 Å². The van der Waals surface area contributed by atoms with Crippen molar-refractivity contribution < 1.29 is 23.9 Å². The molecule has 158 valence electrons. The summed E-state index contributed by atoms with van der Waals surface area (Å²) in [6, 6.07) is 1.69. The summed E-state index contributed by atoms with van der Waals surface area (Å²) < 4.78 is 11.8. The molecule has 0 aliphatic rings. The number of carbonyl (C=O) groups excluding carboxylic acids is 3. The van der Waals surface area contributed by atoms with Crippen molar-refractivity contribution in [1.82, 2.24) is 14.6 Å². The quantitative estimate of drug-likeness (QED) is 0.574. The van der Waals surface area contributed by atoms with Crippen molar-refractivity contribution in [3.05, 3.63) is 45.7 Å². The number of aromatic nitrogens is 3. The van der Waals surface area contributed by atoms with Crippen molar-refractivity contribution >= 4 is 39.8 Å². The lowest BCUT2D eigenvalue weighted by atomic mass is 10.1. The van der Waals surface area contributed by atoms with Crippen LogP contribution >= 0.6 is 11.3 Å². The summed E-state index contributed by atoms with van der Waals surface area (Å²) in [5.74, 6) is -1.74. The highest BCUT2D eigenvalue weighted by Crippen LogP contribution is 2.34. The molecule has 1 N–H and O–H groups in total. The van der Waals surface area contributed by atoms with Crippen LogP contribution in [0.4, 0.5) is 5.00 Å². The number of amides is 1. The van der Waals surface area contributed by atoms with Crippen molar-refractivity contribution in [2.45, 2.75) is 34.1 Å². The van der Waals surface area contributed by atoms with Crippen LogP contribution in [0.1, 0.15) is 50.7 Å². The Morgan fingerprint density at radius 1 is 1.13 bits per heavy atom. The molecule has 3 rings (SSSR count). The average molecular weight is 430 g/mol. The van der Waals surface area contributed by atoms with E-state index >= 15 is 0 Å². The van der Waals surface area contributed by atoms with Gasteiger partial charge in [-0.3, -0.25) is 4.79 Å². The van der Waals surface area contributed by atoms with Crippen LogP contribution in [-0.4, -0.2) is 45.7 Å². The molecule has 3 aromatic heterocycles. The number of hydrogen-bond acceptors (Lipinski definition) is 8. The topological polar surface area (TPSA) is 112 Å². The lowest BCUT2D eigenvalue weighted by Gasteiger charge is -2.08. The Kier molecular flexibility index (Phi) is 6.46. The standard InChI is InChI=1S/C20H22N4O5S/c1-5-13-12(4)30-18(16(13)20(27)28-6-2)22-14(25)10-29-19(26)15-11(3)23-24-9-7-8-21-17(15)24/h7-9H,5-6,10H2,1-4H3,(H,22,25). The number of ether oxygens (including phenoxy) is 2. The molecular formula is C20H22N4O5S. The third-order valence-electron chi connectivity index (χ3n) is 4.40. The number of thiophene rings is 1. The molecule has 0 saturated carbocycles. The van der Waals surface area contributed by atoms with Crippen molar-refractivity contribution in [2.24, 2.45) is 0 Å². The van der Waals surface area contributed by atoms with Crippen LogP contribution in [0.3, 0.4) is 0 Å². The van der Waals surface area contributed by atoms with Crippen molar-refractivity contribution in [3.8, 4) is 0 Å². The summed E-state index contributed by atoms with van der Waals surface area (Å²) in [7, 11) is 0. The molecule has 30 heavy (non-hydrogen) atoms. The molecule has 0 saturated heterocycles. The van der Waals surface area contributed by atoms with Gasteiger partial charge in [-0.25, -0.2) is 19.1 Å². The van der Waals surface area contributed by atoms with E-state index in [4.69, 9.17) is 9.47 Å². The zero-order chi connectivity index (χ0) is 21.8. The van der Waals surface area contributed by atoms with E-state index in [0.29, 0.717) is 28.3 Å². The summed E-state index contributed by atoms with van der Waals surface area (Å²) in [5.41, 5.74) is 2.19. The molecule has 0 aliphatic heterocycles. The molecule has 10 heteroatoms. The van der Waals surface area contributed by atoms with Crippen LogP contribution in [0.2, 0.25) is 0 Å². The highest BCUT2D eigenvalue weighted by molar-refractivity contribution is 7.16. The van der Waals surface area contributed by atoms with Crippen LogP contribution < -0.4 is 5.32 Å². The Bertz CT molecular complexity index is 1120. The maximum atomic E-state index is 12.5. The second kappa shape index (κ2) is 9.04. The van der Waals surface area contributed by atoms with Gasteiger partial charge in [-0.1, -0.05) is 6.92 Å². The molecule has 0 aliphatic carbocycles. The minimum Gasteiger partial charge on any atom is -0.462 e. The fourth-order valence-electron chi connectivity index (χ4n) is 3.11. The maximum Gasteiger partial charge on any atom is 0.344 e. The first-order chi connectivity index (χ1) is 14.4. The Morgan fingerprint density at radius 2 is 1.87 bits per heavy atom. The molecule has 9 nitrogen and oxygen atoms in total. The van der Waals surface area contributed by atoms with Crippen LogP contribution in [0.25, 0.3) is 5.65 Å². The number of carbonyl (C=O) groups is 3. The van der Waals surface area contributed by atoms with Crippen molar-refractivity contribution in [3.63, 3.8) is 0 Å². The Labute approximate surface area is 177 Å². The van der Waals surface area contributed by atoms with Crippen molar-refractivity contribution in [1.29, 1.82) is 0 Å². The Hall–Kier alpha value is -3.27. The van der Waals surface area contributed by atoms with E-state index < -0.39 is 24.5 Å². The fraction of sp³-hybridized carbons (Fsp3) is 0.350. The van der Waals surface area contributed by atoms with E-state index in [-0.39, 0.29) is 12.2 Å². The maximum absolute atomic E-state index is 12.5. The first-order valence-corrected chi connectivity index (χ1v) is 10.2. The zero-order valence-corrected chi connectivity index (χ0v) is 18.0. The molecule has 0 unspecified atom stereocenters. The van der Waals surface area contributed by atoms with E-state index in [0.717, 1.165) is 10.4 Å². The van der Waals surface area contributed by atoms with Gasteiger partial charge in [0, 0.05) is 17.3 Å². The number of esters is 2. The molecule has 0 bridgehead atoms. The van der Waals surface area contributed by atoms with Gasteiger partial charge in [-0.05, 0) is 38.8 Å². The van der Waals surface area contributed by atoms with E-state index in [1.165, 1.54) is 15.9 Å². The van der Waals surface area contributed by atoms with Gasteiger partial charge in [0.1, 0.15) is 10.6 Å². The van der Waals surface area contributed by atoms with E-state index in [2.05, 4.69) is 15.4 Å². The normalized spacial score (nSPS) is 10.8. The lowest BCUT2D eigenvalue weighted by Crippen LogP contribution is -2.22. The summed E-state index contributed by atoms with van der Waals surface area (Å²) in [6.07, 6.45) is 3.84. The van der Waals surface area contributed by atoms with E-state index in [1.54, 1.807) is 32.3 Å². The van der Waals surface area contributed by atoms with Gasteiger partial charge in [-0.2, -0.15) is 5.10 Å². The van der Waals surface area contributed by atoms with Gasteiger partial charge < -0.3 is 14.8 Å². The second-order valence-electron chi connectivity index (χ2n) is 6.39. The first-order valence-electron chi connectivity index (χ1n) is 9.43.